The fourth-order valence-corrected chi connectivity index (χ4v) is 3.05. The molecule has 1 fully saturated rings. The van der Waals surface area contributed by atoms with Crippen LogP contribution >= 0.6 is 15.9 Å². The van der Waals surface area contributed by atoms with Crippen molar-refractivity contribution < 1.29 is 4.79 Å². The number of nitrogens with zero attached hydrogens (tertiary/aromatic N) is 1. The van der Waals surface area contributed by atoms with Crippen molar-refractivity contribution in [2.75, 3.05) is 11.9 Å². The number of rotatable bonds is 2. The van der Waals surface area contributed by atoms with Crippen molar-refractivity contribution >= 4 is 21.8 Å². The van der Waals surface area contributed by atoms with E-state index in [-0.39, 0.29) is 5.91 Å². The maximum absolute atomic E-state index is 12.4. The first-order valence-electron chi connectivity index (χ1n) is 6.16. The highest BCUT2D eigenvalue weighted by Gasteiger charge is 2.26. The number of piperidine rings is 1. The molecule has 17 heavy (non-hydrogen) atoms. The molecule has 92 valence electrons. The van der Waals surface area contributed by atoms with Crippen molar-refractivity contribution in [3.63, 3.8) is 0 Å². The number of amides is 1. The zero-order valence-corrected chi connectivity index (χ0v) is 11.7. The molecule has 0 bridgehead atoms. The van der Waals surface area contributed by atoms with Crippen LogP contribution < -0.4 is 0 Å². The number of likely N-dealkylation sites (tertiary alicyclic amines) is 1. The number of hydrogen-bond acceptors (Lipinski definition) is 1. The Kier molecular flexibility index (Phi) is 4.21. The Morgan fingerprint density at radius 2 is 2.29 bits per heavy atom. The fraction of sp³-hybridized carbons (Fsp3) is 0.500. The second-order valence-electron chi connectivity index (χ2n) is 4.67. The average molecular weight is 296 g/mol. The normalized spacial score (nSPS) is 20.4. The number of benzene rings is 1. The lowest BCUT2D eigenvalue weighted by Gasteiger charge is -2.34. The molecule has 0 spiro atoms. The first-order valence-corrected chi connectivity index (χ1v) is 7.28. The van der Waals surface area contributed by atoms with Gasteiger partial charge in [-0.1, -0.05) is 33.6 Å². The first-order chi connectivity index (χ1) is 8.22. The van der Waals surface area contributed by atoms with Gasteiger partial charge in [-0.2, -0.15) is 0 Å². The molecule has 0 N–H and O–H groups in total. The first kappa shape index (κ1) is 12.6. The van der Waals surface area contributed by atoms with Crippen LogP contribution in [-0.2, 0) is 0 Å². The van der Waals surface area contributed by atoms with E-state index in [2.05, 4.69) is 15.9 Å². The Morgan fingerprint density at radius 1 is 1.47 bits per heavy atom. The average Bonchev–Trinajstić information content (AvgIpc) is 2.38. The number of aryl methyl sites for hydroxylation is 1. The van der Waals surface area contributed by atoms with Gasteiger partial charge >= 0.3 is 0 Å². The quantitative estimate of drug-likeness (QED) is 0.766. The molecule has 0 saturated carbocycles. The molecule has 1 unspecified atom stereocenters. The summed E-state index contributed by atoms with van der Waals surface area (Å²) in [5.41, 5.74) is 1.96. The molecule has 1 amide bonds. The zero-order chi connectivity index (χ0) is 12.3. The van der Waals surface area contributed by atoms with Crippen LogP contribution in [0.3, 0.4) is 0 Å². The van der Waals surface area contributed by atoms with Gasteiger partial charge in [0.2, 0.25) is 0 Å². The van der Waals surface area contributed by atoms with Crippen LogP contribution in [0.25, 0.3) is 0 Å². The molecular weight excluding hydrogens is 278 g/mol. The fourth-order valence-electron chi connectivity index (χ4n) is 2.37. The highest BCUT2D eigenvalue weighted by atomic mass is 79.9. The minimum absolute atomic E-state index is 0.179. The van der Waals surface area contributed by atoms with E-state index in [1.54, 1.807) is 0 Å². The van der Waals surface area contributed by atoms with Crippen LogP contribution in [0, 0.1) is 6.92 Å². The monoisotopic (exact) mass is 295 g/mol. The van der Waals surface area contributed by atoms with Crippen molar-refractivity contribution in [3.05, 3.63) is 35.4 Å². The van der Waals surface area contributed by atoms with E-state index in [1.807, 2.05) is 36.1 Å². The van der Waals surface area contributed by atoms with Gasteiger partial charge in [0.1, 0.15) is 0 Å². The molecule has 1 aromatic rings. The van der Waals surface area contributed by atoms with Gasteiger partial charge in [-0.05, 0) is 38.3 Å². The van der Waals surface area contributed by atoms with E-state index in [0.29, 0.717) is 6.04 Å². The van der Waals surface area contributed by atoms with Gasteiger partial charge in [-0.25, -0.2) is 0 Å². The minimum Gasteiger partial charge on any atom is -0.335 e. The Hall–Kier alpha value is -0.830. The van der Waals surface area contributed by atoms with Crippen LogP contribution in [0.2, 0.25) is 0 Å². The van der Waals surface area contributed by atoms with Crippen LogP contribution in [0.5, 0.6) is 0 Å². The summed E-state index contributed by atoms with van der Waals surface area (Å²) in [7, 11) is 0. The Balaban J connectivity index is 2.18. The highest BCUT2D eigenvalue weighted by Crippen LogP contribution is 2.21. The van der Waals surface area contributed by atoms with Crippen molar-refractivity contribution in [2.24, 2.45) is 0 Å². The Bertz CT molecular complexity index is 405. The van der Waals surface area contributed by atoms with Crippen molar-refractivity contribution in [1.29, 1.82) is 0 Å². The third kappa shape index (κ3) is 2.89. The molecule has 3 heteroatoms. The van der Waals surface area contributed by atoms with Crippen LogP contribution in [-0.4, -0.2) is 28.7 Å². The van der Waals surface area contributed by atoms with Crippen LogP contribution in [0.4, 0.5) is 0 Å². The summed E-state index contributed by atoms with van der Waals surface area (Å²) >= 11 is 3.51. The molecule has 1 aliphatic rings. The molecule has 1 aromatic carbocycles. The maximum Gasteiger partial charge on any atom is 0.254 e. The molecule has 1 atom stereocenters. The molecule has 2 rings (SSSR count). The van der Waals surface area contributed by atoms with Gasteiger partial charge in [0.05, 0.1) is 0 Å². The summed E-state index contributed by atoms with van der Waals surface area (Å²) in [6.45, 7) is 2.91. The third-order valence-electron chi connectivity index (χ3n) is 3.33. The number of hydrogen-bond donors (Lipinski definition) is 0. The summed E-state index contributed by atoms with van der Waals surface area (Å²) in [6, 6.07) is 8.22. The standard InChI is InChI=1S/C14H18BrNO/c1-11-5-4-6-12(9-11)14(17)16-8-3-2-7-13(16)10-15/h4-6,9,13H,2-3,7-8,10H2,1H3. The third-order valence-corrected chi connectivity index (χ3v) is 4.08. The van der Waals surface area contributed by atoms with Gasteiger partial charge in [-0.3, -0.25) is 4.79 Å². The second kappa shape index (κ2) is 5.67. The Morgan fingerprint density at radius 3 is 3.00 bits per heavy atom. The summed E-state index contributed by atoms with van der Waals surface area (Å²) in [5, 5.41) is 0.880. The second-order valence-corrected chi connectivity index (χ2v) is 5.32. The van der Waals surface area contributed by atoms with E-state index in [1.165, 1.54) is 6.42 Å². The van der Waals surface area contributed by atoms with Crippen LogP contribution in [0.1, 0.15) is 35.2 Å². The van der Waals surface area contributed by atoms with Gasteiger partial charge in [0, 0.05) is 23.5 Å². The van der Waals surface area contributed by atoms with Gasteiger partial charge < -0.3 is 4.90 Å². The highest BCUT2D eigenvalue weighted by molar-refractivity contribution is 9.09. The lowest BCUT2D eigenvalue weighted by Crippen LogP contribution is -2.44. The summed E-state index contributed by atoms with van der Waals surface area (Å²) in [6.07, 6.45) is 3.47. The van der Waals surface area contributed by atoms with Gasteiger partial charge in [0.15, 0.2) is 0 Å². The molecular formula is C14H18BrNO. The van der Waals surface area contributed by atoms with Gasteiger partial charge in [0.25, 0.3) is 5.91 Å². The number of carbonyl (C=O) groups excluding carboxylic acids is 1. The smallest absolute Gasteiger partial charge is 0.254 e. The van der Waals surface area contributed by atoms with E-state index in [9.17, 15) is 4.79 Å². The molecule has 0 aromatic heterocycles. The van der Waals surface area contributed by atoms with E-state index in [4.69, 9.17) is 0 Å². The van der Waals surface area contributed by atoms with Crippen molar-refractivity contribution in [2.45, 2.75) is 32.2 Å². The van der Waals surface area contributed by atoms with E-state index < -0.39 is 0 Å². The van der Waals surface area contributed by atoms with E-state index >= 15 is 0 Å². The number of halogens is 1. The minimum atomic E-state index is 0.179. The summed E-state index contributed by atoms with van der Waals surface area (Å²) in [4.78, 5) is 14.4. The molecule has 2 nitrogen and oxygen atoms in total. The Labute approximate surface area is 111 Å². The summed E-state index contributed by atoms with van der Waals surface area (Å²) < 4.78 is 0. The molecule has 0 radical (unpaired) electrons. The van der Waals surface area contributed by atoms with Crippen molar-refractivity contribution in [1.82, 2.24) is 4.90 Å². The SMILES string of the molecule is Cc1cccc(C(=O)N2CCCCC2CBr)c1. The number of carbonyl (C=O) groups is 1. The zero-order valence-electron chi connectivity index (χ0n) is 10.2. The topological polar surface area (TPSA) is 20.3 Å². The van der Waals surface area contributed by atoms with E-state index in [0.717, 1.165) is 35.8 Å². The lowest BCUT2D eigenvalue weighted by molar-refractivity contribution is 0.0642. The molecule has 0 aliphatic carbocycles. The largest absolute Gasteiger partial charge is 0.335 e. The molecule has 1 heterocycles. The summed E-state index contributed by atoms with van der Waals surface area (Å²) in [5.74, 6) is 0.179. The molecule has 1 saturated heterocycles. The molecule has 1 aliphatic heterocycles. The van der Waals surface area contributed by atoms with Crippen LogP contribution in [0.15, 0.2) is 24.3 Å². The predicted molar refractivity (Wildman–Crippen MR) is 73.6 cm³/mol. The van der Waals surface area contributed by atoms with Crippen molar-refractivity contribution in [3.8, 4) is 0 Å². The lowest BCUT2D eigenvalue weighted by atomic mass is 10.0. The predicted octanol–water partition coefficient (Wildman–Crippen LogP) is 3.38. The van der Waals surface area contributed by atoms with Gasteiger partial charge in [-0.15, -0.1) is 0 Å². The number of alkyl halides is 1. The maximum atomic E-state index is 12.4.